The van der Waals surface area contributed by atoms with Gasteiger partial charge in [-0.15, -0.1) is 0 Å². The zero-order valence-corrected chi connectivity index (χ0v) is 17.8. The van der Waals surface area contributed by atoms with Crippen LogP contribution in [-0.2, 0) is 11.2 Å². The Morgan fingerprint density at radius 1 is 1.06 bits per heavy atom. The fourth-order valence-electron chi connectivity index (χ4n) is 4.94. The second kappa shape index (κ2) is 8.55. The summed E-state index contributed by atoms with van der Waals surface area (Å²) in [5.41, 5.74) is 4.17. The molecule has 3 aromatic rings. The predicted octanol–water partition coefficient (Wildman–Crippen LogP) is 3.73. The number of carbonyl (C=O) groups excluding carboxylic acids is 1. The van der Waals surface area contributed by atoms with E-state index in [0.717, 1.165) is 60.6 Å². The molecule has 0 unspecified atom stereocenters. The van der Waals surface area contributed by atoms with Gasteiger partial charge in [-0.05, 0) is 49.2 Å². The molecule has 2 aliphatic rings. The number of fused-ring (bicyclic) bond motifs is 1. The molecular formula is C25H28N4O2. The Bertz CT molecular complexity index is 1030. The van der Waals surface area contributed by atoms with Gasteiger partial charge < -0.3 is 14.6 Å². The molecule has 0 spiro atoms. The Morgan fingerprint density at radius 2 is 1.81 bits per heavy atom. The number of nitrogens with one attached hydrogen (secondary N) is 1. The normalized spacial score (nSPS) is 19.8. The van der Waals surface area contributed by atoms with Gasteiger partial charge in [-0.2, -0.15) is 0 Å². The van der Waals surface area contributed by atoms with E-state index in [0.29, 0.717) is 6.54 Å². The second-order valence-corrected chi connectivity index (χ2v) is 8.28. The van der Waals surface area contributed by atoms with Crippen molar-refractivity contribution in [3.05, 3.63) is 83.4 Å². The molecule has 1 N–H and O–H groups in total. The van der Waals surface area contributed by atoms with E-state index in [2.05, 4.69) is 27.0 Å². The maximum absolute atomic E-state index is 14.1. The van der Waals surface area contributed by atoms with Crippen LogP contribution in [0.4, 0.5) is 0 Å². The summed E-state index contributed by atoms with van der Waals surface area (Å²) in [6.07, 6.45) is 4.81. The average molecular weight is 417 g/mol. The van der Waals surface area contributed by atoms with Gasteiger partial charge in [0.2, 0.25) is 5.91 Å². The van der Waals surface area contributed by atoms with E-state index in [1.165, 1.54) is 0 Å². The quantitative estimate of drug-likeness (QED) is 0.689. The lowest BCUT2D eigenvalue weighted by Gasteiger charge is -2.39. The fourth-order valence-corrected chi connectivity index (χ4v) is 4.94. The number of rotatable bonds is 5. The van der Waals surface area contributed by atoms with E-state index < -0.39 is 0 Å². The van der Waals surface area contributed by atoms with Crippen molar-refractivity contribution >= 4 is 5.91 Å². The Morgan fingerprint density at radius 3 is 2.52 bits per heavy atom. The lowest BCUT2D eigenvalue weighted by Crippen LogP contribution is -2.47. The number of methoxy groups -OCH3 is 1. The molecule has 2 aliphatic heterocycles. The van der Waals surface area contributed by atoms with Gasteiger partial charge in [-0.25, -0.2) is 4.98 Å². The Labute approximate surface area is 182 Å². The first-order valence-corrected chi connectivity index (χ1v) is 11.0. The van der Waals surface area contributed by atoms with E-state index in [1.54, 1.807) is 13.4 Å². The molecule has 2 atom stereocenters. The molecule has 0 bridgehead atoms. The predicted molar refractivity (Wildman–Crippen MR) is 119 cm³/mol. The third-order valence-electron chi connectivity index (χ3n) is 6.49. The average Bonchev–Trinajstić information content (AvgIpc) is 3.52. The maximum atomic E-state index is 14.1. The standard InChI is InChI=1S/C25H28N4O2/c1-31-20-11-9-19(10-12-20)23-22-21(26-17-27-22)13-16-29(23)25(30)24(28-14-5-6-15-28)18-7-3-2-4-8-18/h2-4,7-12,17,23-24H,5-6,13-16H2,1H3,(H,26,27)/t23-,24-/m1/s1. The summed E-state index contributed by atoms with van der Waals surface area (Å²) in [5.74, 6) is 0.960. The van der Waals surface area contributed by atoms with Crippen LogP contribution in [0.1, 0.15) is 47.4 Å². The van der Waals surface area contributed by atoms with Gasteiger partial charge in [0.1, 0.15) is 17.8 Å². The highest BCUT2D eigenvalue weighted by Crippen LogP contribution is 2.37. The van der Waals surface area contributed by atoms with Crippen molar-refractivity contribution in [2.45, 2.75) is 31.3 Å². The monoisotopic (exact) mass is 416 g/mol. The highest BCUT2D eigenvalue weighted by atomic mass is 16.5. The van der Waals surface area contributed by atoms with Crippen molar-refractivity contribution in [3.63, 3.8) is 0 Å². The number of benzene rings is 2. The van der Waals surface area contributed by atoms with Crippen molar-refractivity contribution in [1.82, 2.24) is 19.8 Å². The van der Waals surface area contributed by atoms with Gasteiger partial charge in [0.05, 0.1) is 19.1 Å². The molecule has 1 fully saturated rings. The molecule has 3 heterocycles. The van der Waals surface area contributed by atoms with Crippen molar-refractivity contribution in [3.8, 4) is 5.75 Å². The second-order valence-electron chi connectivity index (χ2n) is 8.28. The molecule has 0 saturated carbocycles. The first-order valence-electron chi connectivity index (χ1n) is 11.0. The molecular weight excluding hydrogens is 388 g/mol. The van der Waals surface area contributed by atoms with E-state index in [-0.39, 0.29) is 18.0 Å². The zero-order chi connectivity index (χ0) is 21.2. The summed E-state index contributed by atoms with van der Waals surface area (Å²) in [6.45, 7) is 2.59. The number of hydrogen-bond acceptors (Lipinski definition) is 4. The Hall–Kier alpha value is -3.12. The first-order chi connectivity index (χ1) is 15.3. The topological polar surface area (TPSA) is 61.5 Å². The van der Waals surface area contributed by atoms with Crippen molar-refractivity contribution in [1.29, 1.82) is 0 Å². The lowest BCUT2D eigenvalue weighted by atomic mass is 9.93. The number of hydrogen-bond donors (Lipinski definition) is 1. The smallest absolute Gasteiger partial charge is 0.245 e. The molecule has 31 heavy (non-hydrogen) atoms. The summed E-state index contributed by atoms with van der Waals surface area (Å²) in [4.78, 5) is 26.4. The number of H-pyrrole nitrogens is 1. The number of aromatic amines is 1. The van der Waals surface area contributed by atoms with Crippen LogP contribution in [0.2, 0.25) is 0 Å². The SMILES string of the molecule is COc1ccc([C@@H]2c3nc[nH]c3CCN2C(=O)[C@@H](c2ccccc2)N2CCCC2)cc1. The largest absolute Gasteiger partial charge is 0.497 e. The van der Waals surface area contributed by atoms with Crippen LogP contribution in [0.5, 0.6) is 5.75 Å². The minimum atomic E-state index is -0.259. The summed E-state index contributed by atoms with van der Waals surface area (Å²) >= 11 is 0. The summed E-state index contributed by atoms with van der Waals surface area (Å²) in [5, 5.41) is 0. The highest BCUT2D eigenvalue weighted by Gasteiger charge is 2.39. The van der Waals surface area contributed by atoms with E-state index >= 15 is 0 Å². The maximum Gasteiger partial charge on any atom is 0.245 e. The minimum absolute atomic E-state index is 0.155. The van der Waals surface area contributed by atoms with E-state index in [9.17, 15) is 4.79 Å². The van der Waals surface area contributed by atoms with Gasteiger partial charge in [0.15, 0.2) is 0 Å². The van der Waals surface area contributed by atoms with Gasteiger partial charge in [-0.1, -0.05) is 42.5 Å². The van der Waals surface area contributed by atoms with Crippen LogP contribution in [0.25, 0.3) is 0 Å². The van der Waals surface area contributed by atoms with Crippen molar-refractivity contribution < 1.29 is 9.53 Å². The molecule has 0 radical (unpaired) electrons. The lowest BCUT2D eigenvalue weighted by molar-refractivity contribution is -0.139. The van der Waals surface area contributed by atoms with Gasteiger partial charge >= 0.3 is 0 Å². The van der Waals surface area contributed by atoms with E-state index in [4.69, 9.17) is 4.74 Å². The number of amides is 1. The third kappa shape index (κ3) is 3.72. The van der Waals surface area contributed by atoms with Crippen LogP contribution in [0.15, 0.2) is 60.9 Å². The molecule has 1 amide bonds. The van der Waals surface area contributed by atoms with E-state index in [1.807, 2.05) is 47.4 Å². The van der Waals surface area contributed by atoms with Crippen LogP contribution in [0, 0.1) is 0 Å². The molecule has 6 nitrogen and oxygen atoms in total. The molecule has 5 rings (SSSR count). The number of nitrogens with zero attached hydrogens (tertiary/aromatic N) is 3. The van der Waals surface area contributed by atoms with Crippen molar-refractivity contribution in [2.75, 3.05) is 26.7 Å². The minimum Gasteiger partial charge on any atom is -0.497 e. The Balaban J connectivity index is 1.54. The van der Waals surface area contributed by atoms with Crippen LogP contribution in [-0.4, -0.2) is 52.4 Å². The number of ether oxygens (including phenoxy) is 1. The molecule has 160 valence electrons. The summed E-state index contributed by atoms with van der Waals surface area (Å²) in [6, 6.07) is 17.7. The van der Waals surface area contributed by atoms with Crippen LogP contribution < -0.4 is 4.74 Å². The fraction of sp³-hybridized carbons (Fsp3) is 0.360. The molecule has 2 aromatic carbocycles. The number of carbonyl (C=O) groups is 1. The zero-order valence-electron chi connectivity index (χ0n) is 17.8. The van der Waals surface area contributed by atoms with Crippen LogP contribution in [0.3, 0.4) is 0 Å². The van der Waals surface area contributed by atoms with Gasteiger partial charge in [-0.3, -0.25) is 9.69 Å². The number of imidazole rings is 1. The molecule has 1 saturated heterocycles. The van der Waals surface area contributed by atoms with Gasteiger partial charge in [0, 0.05) is 18.7 Å². The third-order valence-corrected chi connectivity index (χ3v) is 6.49. The highest BCUT2D eigenvalue weighted by molar-refractivity contribution is 5.84. The Kier molecular flexibility index (Phi) is 5.47. The molecule has 0 aliphatic carbocycles. The molecule has 6 heteroatoms. The molecule has 1 aromatic heterocycles. The summed E-state index contributed by atoms with van der Waals surface area (Å²) in [7, 11) is 1.66. The number of likely N-dealkylation sites (tertiary alicyclic amines) is 1. The first kappa shape index (κ1) is 19.8. The summed E-state index contributed by atoms with van der Waals surface area (Å²) < 4.78 is 5.34. The van der Waals surface area contributed by atoms with Gasteiger partial charge in [0.25, 0.3) is 0 Å². The van der Waals surface area contributed by atoms with Crippen molar-refractivity contribution in [2.24, 2.45) is 0 Å². The number of aromatic nitrogens is 2. The van der Waals surface area contributed by atoms with Crippen LogP contribution >= 0.6 is 0 Å².